The van der Waals surface area contributed by atoms with E-state index in [1.165, 1.54) is 6.92 Å². The molecular weight excluding hydrogens is 244 g/mol. The van der Waals surface area contributed by atoms with E-state index in [9.17, 15) is 9.59 Å². The van der Waals surface area contributed by atoms with Gasteiger partial charge in [-0.1, -0.05) is 13.3 Å². The smallest absolute Gasteiger partial charge is 0.247 e. The minimum absolute atomic E-state index is 0.00570. The lowest BCUT2D eigenvalue weighted by molar-refractivity contribution is -0.160. The summed E-state index contributed by atoms with van der Waals surface area (Å²) in [4.78, 5) is 24.9. The van der Waals surface area contributed by atoms with Gasteiger partial charge in [-0.15, -0.1) is 0 Å². The van der Waals surface area contributed by atoms with E-state index in [0.29, 0.717) is 6.61 Å². The Bertz CT molecular complexity index is 336. The van der Waals surface area contributed by atoms with Crippen LogP contribution in [0.2, 0.25) is 0 Å². The van der Waals surface area contributed by atoms with Crippen molar-refractivity contribution in [3.63, 3.8) is 0 Å². The monoisotopic (exact) mass is 270 g/mol. The quantitative estimate of drug-likeness (QED) is 0.741. The van der Waals surface area contributed by atoms with Crippen molar-refractivity contribution in [2.24, 2.45) is 0 Å². The Morgan fingerprint density at radius 2 is 2.05 bits per heavy atom. The molecule has 1 aliphatic heterocycles. The van der Waals surface area contributed by atoms with E-state index in [1.54, 1.807) is 0 Å². The number of hydrogen-bond donors (Lipinski definition) is 1. The number of ether oxygens (including phenoxy) is 1. The predicted octanol–water partition coefficient (Wildman–Crippen LogP) is 1.32. The van der Waals surface area contributed by atoms with Crippen molar-refractivity contribution in [1.82, 2.24) is 10.2 Å². The van der Waals surface area contributed by atoms with Crippen LogP contribution in [0.3, 0.4) is 0 Å². The van der Waals surface area contributed by atoms with Gasteiger partial charge >= 0.3 is 0 Å². The molecule has 2 amide bonds. The van der Waals surface area contributed by atoms with Crippen LogP contribution in [0.4, 0.5) is 0 Å². The van der Waals surface area contributed by atoms with E-state index in [-0.39, 0.29) is 23.5 Å². The number of likely N-dealkylation sites (tertiary alicyclic amines) is 1. The number of amides is 2. The van der Waals surface area contributed by atoms with Crippen LogP contribution < -0.4 is 5.32 Å². The van der Waals surface area contributed by atoms with Gasteiger partial charge in [0.1, 0.15) is 6.04 Å². The molecule has 1 saturated heterocycles. The lowest BCUT2D eigenvalue weighted by atomic mass is 9.94. The average molecular weight is 270 g/mol. The molecule has 0 spiro atoms. The second-order valence-electron chi connectivity index (χ2n) is 6.05. The van der Waals surface area contributed by atoms with Gasteiger partial charge in [-0.2, -0.15) is 0 Å². The van der Waals surface area contributed by atoms with Gasteiger partial charge in [0.2, 0.25) is 11.8 Å². The van der Waals surface area contributed by atoms with Gasteiger partial charge in [0.25, 0.3) is 0 Å². The van der Waals surface area contributed by atoms with Crippen LogP contribution >= 0.6 is 0 Å². The fourth-order valence-electron chi connectivity index (χ4n) is 2.11. The molecule has 1 N–H and O–H groups in total. The number of carbonyl (C=O) groups is 2. The van der Waals surface area contributed by atoms with Crippen LogP contribution in [0.5, 0.6) is 0 Å². The zero-order valence-corrected chi connectivity index (χ0v) is 12.7. The van der Waals surface area contributed by atoms with E-state index >= 15 is 0 Å². The summed E-state index contributed by atoms with van der Waals surface area (Å²) in [6.45, 7) is 10.7. The third-order valence-corrected chi connectivity index (χ3v) is 3.13. The lowest BCUT2D eigenvalue weighted by Gasteiger charge is -2.47. The Kier molecular flexibility index (Phi) is 5.35. The fraction of sp³-hybridized carbons (Fsp3) is 0.857. The molecule has 1 aliphatic rings. The third kappa shape index (κ3) is 4.49. The second-order valence-corrected chi connectivity index (χ2v) is 6.05. The molecule has 0 aromatic rings. The van der Waals surface area contributed by atoms with E-state index in [2.05, 4.69) is 12.2 Å². The van der Waals surface area contributed by atoms with Crippen LogP contribution in [-0.4, -0.2) is 47.6 Å². The van der Waals surface area contributed by atoms with Gasteiger partial charge < -0.3 is 15.0 Å². The van der Waals surface area contributed by atoms with Gasteiger partial charge in [0, 0.05) is 13.5 Å². The zero-order valence-electron chi connectivity index (χ0n) is 12.7. The SMILES string of the molecule is CCCCN1C(=O)C(NC(C)=O)C1COC(C)(C)C. The molecule has 5 heteroatoms. The van der Waals surface area contributed by atoms with Crippen LogP contribution in [0.1, 0.15) is 47.5 Å². The van der Waals surface area contributed by atoms with Crippen molar-refractivity contribution < 1.29 is 14.3 Å². The van der Waals surface area contributed by atoms with Gasteiger partial charge in [-0.3, -0.25) is 9.59 Å². The summed E-state index contributed by atoms with van der Waals surface area (Å²) in [6.07, 6.45) is 2.02. The number of hydrogen-bond acceptors (Lipinski definition) is 3. The summed E-state index contributed by atoms with van der Waals surface area (Å²) in [7, 11) is 0. The summed E-state index contributed by atoms with van der Waals surface area (Å²) in [5, 5.41) is 2.71. The summed E-state index contributed by atoms with van der Waals surface area (Å²) >= 11 is 0. The molecule has 1 fully saturated rings. The molecule has 0 saturated carbocycles. The van der Waals surface area contributed by atoms with E-state index in [4.69, 9.17) is 4.74 Å². The van der Waals surface area contributed by atoms with Gasteiger partial charge in [-0.25, -0.2) is 0 Å². The molecule has 0 aromatic heterocycles. The maximum Gasteiger partial charge on any atom is 0.247 e. The number of β-lactam (4-membered cyclic amide) rings is 1. The number of rotatable bonds is 6. The van der Waals surface area contributed by atoms with Crippen molar-refractivity contribution in [3.8, 4) is 0 Å². The van der Waals surface area contributed by atoms with Gasteiger partial charge in [-0.05, 0) is 27.2 Å². The molecule has 2 unspecified atom stereocenters. The van der Waals surface area contributed by atoms with E-state index in [0.717, 1.165) is 19.4 Å². The van der Waals surface area contributed by atoms with Crippen molar-refractivity contribution >= 4 is 11.8 Å². The molecule has 19 heavy (non-hydrogen) atoms. The van der Waals surface area contributed by atoms with Crippen LogP contribution in [0.25, 0.3) is 0 Å². The molecule has 0 aromatic carbocycles. The van der Waals surface area contributed by atoms with E-state index < -0.39 is 6.04 Å². The highest BCUT2D eigenvalue weighted by atomic mass is 16.5. The minimum Gasteiger partial charge on any atom is -0.374 e. The molecule has 0 bridgehead atoms. The summed E-state index contributed by atoms with van der Waals surface area (Å²) in [5.41, 5.74) is -0.240. The number of nitrogens with one attached hydrogen (secondary N) is 1. The average Bonchev–Trinajstić information content (AvgIpc) is 2.28. The molecule has 1 heterocycles. The molecule has 0 aliphatic carbocycles. The fourth-order valence-corrected chi connectivity index (χ4v) is 2.11. The molecule has 2 atom stereocenters. The van der Waals surface area contributed by atoms with Crippen LogP contribution in [0, 0.1) is 0 Å². The Morgan fingerprint density at radius 3 is 2.53 bits per heavy atom. The lowest BCUT2D eigenvalue weighted by Crippen LogP contribution is -2.72. The van der Waals surface area contributed by atoms with E-state index in [1.807, 2.05) is 25.7 Å². The third-order valence-electron chi connectivity index (χ3n) is 3.13. The molecular formula is C14H26N2O3. The van der Waals surface area contributed by atoms with Crippen molar-refractivity contribution in [2.45, 2.75) is 65.1 Å². The topological polar surface area (TPSA) is 58.6 Å². The van der Waals surface area contributed by atoms with Gasteiger partial charge in [0.15, 0.2) is 0 Å². The van der Waals surface area contributed by atoms with Crippen molar-refractivity contribution in [3.05, 3.63) is 0 Å². The zero-order chi connectivity index (χ0) is 14.6. The van der Waals surface area contributed by atoms with Crippen molar-refractivity contribution in [1.29, 1.82) is 0 Å². The highest BCUT2D eigenvalue weighted by Crippen LogP contribution is 2.23. The van der Waals surface area contributed by atoms with Crippen LogP contribution in [-0.2, 0) is 14.3 Å². The Hall–Kier alpha value is -1.10. The number of unbranched alkanes of at least 4 members (excludes halogenated alkanes) is 1. The highest BCUT2D eigenvalue weighted by molar-refractivity contribution is 5.93. The highest BCUT2D eigenvalue weighted by Gasteiger charge is 2.47. The summed E-state index contributed by atoms with van der Waals surface area (Å²) < 4.78 is 5.76. The Labute approximate surface area is 115 Å². The maximum absolute atomic E-state index is 12.0. The first-order valence-corrected chi connectivity index (χ1v) is 6.98. The first-order chi connectivity index (χ1) is 8.76. The molecule has 5 nitrogen and oxygen atoms in total. The normalized spacial score (nSPS) is 23.2. The Morgan fingerprint density at radius 1 is 1.42 bits per heavy atom. The summed E-state index contributed by atoms with van der Waals surface area (Å²) in [6, 6.07) is -0.459. The molecule has 110 valence electrons. The largest absolute Gasteiger partial charge is 0.374 e. The number of carbonyl (C=O) groups excluding carboxylic acids is 2. The minimum atomic E-state index is -0.420. The maximum atomic E-state index is 12.0. The van der Waals surface area contributed by atoms with Crippen molar-refractivity contribution in [2.75, 3.05) is 13.2 Å². The van der Waals surface area contributed by atoms with Gasteiger partial charge in [0.05, 0.1) is 18.2 Å². The summed E-state index contributed by atoms with van der Waals surface area (Å²) in [5.74, 6) is -0.166. The standard InChI is InChI=1S/C14H26N2O3/c1-6-7-8-16-11(9-19-14(3,4)5)12(13(16)18)15-10(2)17/h11-12H,6-9H2,1-5H3,(H,15,17). The second kappa shape index (κ2) is 6.37. The van der Waals surface area contributed by atoms with Crippen LogP contribution in [0.15, 0.2) is 0 Å². The molecule has 1 rings (SSSR count). The Balaban J connectivity index is 2.61. The first-order valence-electron chi connectivity index (χ1n) is 6.98. The number of nitrogens with zero attached hydrogens (tertiary/aromatic N) is 1. The predicted molar refractivity (Wildman–Crippen MR) is 73.7 cm³/mol. The first kappa shape index (κ1) is 16.0. The molecule has 0 radical (unpaired) electrons.